The fourth-order valence-electron chi connectivity index (χ4n) is 1.56. The SMILES string of the molecule is C=Cc1ccccc1O.C=Cc1ccccc1OCOC. The largest absolute Gasteiger partial charge is 0.507 e. The highest BCUT2D eigenvalue weighted by Crippen LogP contribution is 2.18. The first-order chi connectivity index (χ1) is 10.2. The van der Waals surface area contributed by atoms with Gasteiger partial charge in [-0.15, -0.1) is 0 Å². The van der Waals surface area contributed by atoms with Crippen molar-refractivity contribution >= 4 is 12.2 Å². The second-order valence-electron chi connectivity index (χ2n) is 4.06. The van der Waals surface area contributed by atoms with Crippen LogP contribution < -0.4 is 4.74 Å². The first-order valence-corrected chi connectivity index (χ1v) is 6.46. The van der Waals surface area contributed by atoms with Gasteiger partial charge >= 0.3 is 0 Å². The monoisotopic (exact) mass is 284 g/mol. The number of ether oxygens (including phenoxy) is 2. The molecule has 2 rings (SSSR count). The van der Waals surface area contributed by atoms with Crippen molar-refractivity contribution in [2.75, 3.05) is 13.9 Å². The molecule has 0 radical (unpaired) electrons. The van der Waals surface area contributed by atoms with Crippen LogP contribution in [0.1, 0.15) is 11.1 Å². The standard InChI is InChI=1S/C10H12O2.C8H8O/c1-3-9-6-4-5-7-10(9)12-8-11-2;1-2-7-5-3-4-6-8(7)9/h3-7H,1,8H2,2H3;2-6,9H,1H2. The maximum Gasteiger partial charge on any atom is 0.188 e. The van der Waals surface area contributed by atoms with Gasteiger partial charge in [0.1, 0.15) is 11.5 Å². The molecule has 0 aliphatic heterocycles. The van der Waals surface area contributed by atoms with E-state index in [0.29, 0.717) is 0 Å². The zero-order valence-electron chi connectivity index (χ0n) is 12.2. The van der Waals surface area contributed by atoms with E-state index in [0.717, 1.165) is 16.9 Å². The number of rotatable bonds is 5. The van der Waals surface area contributed by atoms with Gasteiger partial charge in [-0.2, -0.15) is 0 Å². The zero-order chi connectivity index (χ0) is 15.5. The van der Waals surface area contributed by atoms with Crippen LogP contribution in [0.3, 0.4) is 0 Å². The summed E-state index contributed by atoms with van der Waals surface area (Å²) in [5, 5.41) is 9.04. The molecule has 0 saturated heterocycles. The Kier molecular flexibility index (Phi) is 7.40. The molecule has 0 spiro atoms. The summed E-state index contributed by atoms with van der Waals surface area (Å²) in [6, 6.07) is 14.8. The number of phenols is 1. The Morgan fingerprint density at radius 1 is 0.952 bits per heavy atom. The van der Waals surface area contributed by atoms with Gasteiger partial charge in [-0.05, 0) is 12.1 Å². The van der Waals surface area contributed by atoms with Crippen LogP contribution in [0.15, 0.2) is 61.7 Å². The smallest absolute Gasteiger partial charge is 0.188 e. The molecule has 3 nitrogen and oxygen atoms in total. The number of aromatic hydroxyl groups is 1. The van der Waals surface area contributed by atoms with Gasteiger partial charge < -0.3 is 14.6 Å². The van der Waals surface area contributed by atoms with Gasteiger partial charge in [-0.1, -0.05) is 61.7 Å². The quantitative estimate of drug-likeness (QED) is 0.830. The Morgan fingerprint density at radius 2 is 1.52 bits per heavy atom. The molecular weight excluding hydrogens is 264 g/mol. The molecule has 0 saturated carbocycles. The van der Waals surface area contributed by atoms with Gasteiger partial charge in [0.2, 0.25) is 0 Å². The van der Waals surface area contributed by atoms with Crippen LogP contribution in [0.25, 0.3) is 12.2 Å². The fraction of sp³-hybridized carbons (Fsp3) is 0.111. The van der Waals surface area contributed by atoms with Crippen molar-refractivity contribution in [2.24, 2.45) is 0 Å². The Balaban J connectivity index is 0.000000219. The maximum absolute atomic E-state index is 9.04. The predicted molar refractivity (Wildman–Crippen MR) is 87.2 cm³/mol. The van der Waals surface area contributed by atoms with Gasteiger partial charge in [0.15, 0.2) is 6.79 Å². The van der Waals surface area contributed by atoms with E-state index in [1.807, 2.05) is 36.4 Å². The Labute approximate surface area is 125 Å². The summed E-state index contributed by atoms with van der Waals surface area (Å²) < 4.78 is 10.1. The van der Waals surface area contributed by atoms with E-state index in [2.05, 4.69) is 13.2 Å². The third-order valence-corrected chi connectivity index (χ3v) is 2.63. The Bertz CT molecular complexity index is 576. The third kappa shape index (κ3) is 5.55. The summed E-state index contributed by atoms with van der Waals surface area (Å²) in [7, 11) is 1.59. The number of hydrogen-bond donors (Lipinski definition) is 1. The molecule has 0 unspecified atom stereocenters. The molecule has 21 heavy (non-hydrogen) atoms. The van der Waals surface area contributed by atoms with Gasteiger partial charge in [0, 0.05) is 18.2 Å². The van der Waals surface area contributed by atoms with Crippen LogP contribution in [0.5, 0.6) is 11.5 Å². The minimum atomic E-state index is 0.269. The Morgan fingerprint density at radius 3 is 2.05 bits per heavy atom. The minimum Gasteiger partial charge on any atom is -0.507 e. The van der Waals surface area contributed by atoms with Crippen LogP contribution in [-0.4, -0.2) is 19.0 Å². The Hall–Kier alpha value is -2.52. The normalized spacial score (nSPS) is 9.19. The molecule has 110 valence electrons. The lowest BCUT2D eigenvalue weighted by atomic mass is 10.2. The van der Waals surface area contributed by atoms with E-state index in [9.17, 15) is 0 Å². The zero-order valence-corrected chi connectivity index (χ0v) is 12.2. The van der Waals surface area contributed by atoms with Crippen LogP contribution in [0.4, 0.5) is 0 Å². The number of benzene rings is 2. The van der Waals surface area contributed by atoms with E-state index in [-0.39, 0.29) is 12.5 Å². The van der Waals surface area contributed by atoms with Crippen molar-refractivity contribution in [3.8, 4) is 11.5 Å². The second kappa shape index (κ2) is 9.39. The van der Waals surface area contributed by atoms with Crippen molar-refractivity contribution in [3.05, 3.63) is 72.8 Å². The van der Waals surface area contributed by atoms with Crippen molar-refractivity contribution in [2.45, 2.75) is 0 Å². The van der Waals surface area contributed by atoms with Gasteiger partial charge in [0.25, 0.3) is 0 Å². The molecule has 0 bridgehead atoms. The summed E-state index contributed by atoms with van der Waals surface area (Å²) in [4.78, 5) is 0. The van der Waals surface area contributed by atoms with Gasteiger partial charge in [-0.25, -0.2) is 0 Å². The number of hydrogen-bond acceptors (Lipinski definition) is 3. The maximum atomic E-state index is 9.04. The topological polar surface area (TPSA) is 38.7 Å². The predicted octanol–water partition coefficient (Wildman–Crippen LogP) is 4.35. The highest BCUT2D eigenvalue weighted by Gasteiger charge is 1.96. The second-order valence-corrected chi connectivity index (χ2v) is 4.06. The number of phenolic OH excluding ortho intramolecular Hbond substituents is 1. The molecule has 0 heterocycles. The molecule has 0 aromatic heterocycles. The average Bonchev–Trinajstić information content (AvgIpc) is 2.54. The molecular formula is C18H20O3. The van der Waals surface area contributed by atoms with E-state index in [4.69, 9.17) is 14.6 Å². The highest BCUT2D eigenvalue weighted by atomic mass is 16.7. The third-order valence-electron chi connectivity index (χ3n) is 2.63. The fourth-order valence-corrected chi connectivity index (χ4v) is 1.56. The molecule has 0 aliphatic carbocycles. The van der Waals surface area contributed by atoms with Crippen molar-refractivity contribution < 1.29 is 14.6 Å². The molecule has 0 amide bonds. The number of methoxy groups -OCH3 is 1. The van der Waals surface area contributed by atoms with Gasteiger partial charge in [0.05, 0.1) is 0 Å². The van der Waals surface area contributed by atoms with E-state index in [1.165, 1.54) is 0 Å². The van der Waals surface area contributed by atoms with Gasteiger partial charge in [-0.3, -0.25) is 0 Å². The highest BCUT2D eigenvalue weighted by molar-refractivity contribution is 5.55. The molecule has 0 atom stereocenters. The number of para-hydroxylation sites is 2. The van der Waals surface area contributed by atoms with E-state index in [1.54, 1.807) is 31.4 Å². The van der Waals surface area contributed by atoms with Crippen LogP contribution in [0.2, 0.25) is 0 Å². The van der Waals surface area contributed by atoms with Crippen LogP contribution in [-0.2, 0) is 4.74 Å². The van der Waals surface area contributed by atoms with E-state index >= 15 is 0 Å². The summed E-state index contributed by atoms with van der Waals surface area (Å²) in [6.07, 6.45) is 3.38. The molecule has 2 aromatic rings. The van der Waals surface area contributed by atoms with Crippen molar-refractivity contribution in [1.82, 2.24) is 0 Å². The molecule has 0 fully saturated rings. The van der Waals surface area contributed by atoms with Crippen LogP contribution in [0, 0.1) is 0 Å². The minimum absolute atomic E-state index is 0.269. The molecule has 1 N–H and O–H groups in total. The van der Waals surface area contributed by atoms with Crippen LogP contribution >= 0.6 is 0 Å². The lowest BCUT2D eigenvalue weighted by Crippen LogP contribution is -1.99. The van der Waals surface area contributed by atoms with E-state index < -0.39 is 0 Å². The average molecular weight is 284 g/mol. The summed E-state index contributed by atoms with van der Waals surface area (Å²) in [5.41, 5.74) is 1.76. The van der Waals surface area contributed by atoms with Crippen molar-refractivity contribution in [1.29, 1.82) is 0 Å². The molecule has 3 heteroatoms. The summed E-state index contributed by atoms with van der Waals surface area (Å²) in [5.74, 6) is 1.09. The van der Waals surface area contributed by atoms with Crippen molar-refractivity contribution in [3.63, 3.8) is 0 Å². The lowest BCUT2D eigenvalue weighted by molar-refractivity contribution is 0.0510. The summed E-state index contributed by atoms with van der Waals surface area (Å²) in [6.45, 7) is 7.48. The first-order valence-electron chi connectivity index (χ1n) is 6.46. The first kappa shape index (κ1) is 16.5. The molecule has 2 aromatic carbocycles. The lowest BCUT2D eigenvalue weighted by Gasteiger charge is -2.06. The molecule has 0 aliphatic rings. The summed E-state index contributed by atoms with van der Waals surface area (Å²) >= 11 is 0.